The lowest BCUT2D eigenvalue weighted by atomic mass is 10.0. The van der Waals surface area contributed by atoms with Gasteiger partial charge in [0.1, 0.15) is 13.2 Å². The summed E-state index contributed by atoms with van der Waals surface area (Å²) in [5.74, 6) is -0.852. The minimum Gasteiger partial charge on any atom is -0.462 e. The lowest BCUT2D eigenvalue weighted by Gasteiger charge is -2.18. The van der Waals surface area contributed by atoms with Crippen LogP contribution in [0, 0.1) is 0 Å². The molecule has 0 spiro atoms. The zero-order valence-electron chi connectivity index (χ0n) is 44.9. The first kappa shape index (κ1) is 64.6. The van der Waals surface area contributed by atoms with E-state index in [2.05, 4.69) is 57.2 Å². The smallest absolute Gasteiger partial charge is 0.306 e. The van der Waals surface area contributed by atoms with Crippen molar-refractivity contribution in [3.05, 3.63) is 36.5 Å². The van der Waals surface area contributed by atoms with Crippen LogP contribution in [0.1, 0.15) is 316 Å². The molecule has 0 rings (SSSR count). The molecule has 0 saturated heterocycles. The Morgan fingerprint density at radius 2 is 0.582 bits per heavy atom. The highest BCUT2D eigenvalue weighted by molar-refractivity contribution is 5.71. The van der Waals surface area contributed by atoms with Crippen LogP contribution in [0.4, 0.5) is 0 Å². The fraction of sp³-hybridized carbons (Fsp3) is 0.852. The highest BCUT2D eigenvalue weighted by atomic mass is 16.6. The summed E-state index contributed by atoms with van der Waals surface area (Å²) in [4.78, 5) is 38.2. The molecule has 0 aliphatic carbocycles. The molecule has 0 aromatic heterocycles. The van der Waals surface area contributed by atoms with E-state index < -0.39 is 6.10 Å². The van der Waals surface area contributed by atoms with E-state index in [1.54, 1.807) is 0 Å². The molecule has 0 heterocycles. The number of ether oxygens (including phenoxy) is 3. The van der Waals surface area contributed by atoms with Gasteiger partial charge in [-0.2, -0.15) is 0 Å². The Balaban J connectivity index is 4.32. The second kappa shape index (κ2) is 56.2. The van der Waals surface area contributed by atoms with E-state index in [0.717, 1.165) is 77.0 Å². The molecule has 0 fully saturated rings. The number of unbranched alkanes of at least 4 members (excludes halogenated alkanes) is 37. The quantitative estimate of drug-likeness (QED) is 0.0262. The molecule has 67 heavy (non-hydrogen) atoms. The summed E-state index contributed by atoms with van der Waals surface area (Å²) in [5, 5.41) is 0. The van der Waals surface area contributed by atoms with Crippen molar-refractivity contribution in [2.45, 2.75) is 322 Å². The molecular weight excluding hydrogens is 829 g/mol. The molecule has 1 unspecified atom stereocenters. The molecule has 6 heteroatoms. The topological polar surface area (TPSA) is 78.9 Å². The van der Waals surface area contributed by atoms with Gasteiger partial charge in [0.05, 0.1) is 0 Å². The van der Waals surface area contributed by atoms with Crippen LogP contribution in [0.25, 0.3) is 0 Å². The van der Waals surface area contributed by atoms with Gasteiger partial charge in [-0.3, -0.25) is 14.4 Å². The van der Waals surface area contributed by atoms with Gasteiger partial charge in [-0.1, -0.05) is 282 Å². The summed E-state index contributed by atoms with van der Waals surface area (Å²) in [5.41, 5.74) is 0. The molecule has 0 saturated carbocycles. The van der Waals surface area contributed by atoms with E-state index in [4.69, 9.17) is 14.2 Å². The van der Waals surface area contributed by atoms with Gasteiger partial charge in [0.2, 0.25) is 0 Å². The van der Waals surface area contributed by atoms with Crippen molar-refractivity contribution in [2.24, 2.45) is 0 Å². The van der Waals surface area contributed by atoms with Gasteiger partial charge in [-0.25, -0.2) is 0 Å². The molecule has 0 N–H and O–H groups in total. The van der Waals surface area contributed by atoms with E-state index in [1.807, 2.05) is 0 Å². The largest absolute Gasteiger partial charge is 0.462 e. The molecule has 0 aromatic rings. The van der Waals surface area contributed by atoms with Gasteiger partial charge in [0.25, 0.3) is 0 Å². The number of esters is 3. The Labute approximate surface area is 416 Å². The number of carbonyl (C=O) groups is 3. The van der Waals surface area contributed by atoms with Crippen LogP contribution >= 0.6 is 0 Å². The van der Waals surface area contributed by atoms with E-state index in [1.165, 1.54) is 199 Å². The lowest BCUT2D eigenvalue weighted by Crippen LogP contribution is -2.30. The summed E-state index contributed by atoms with van der Waals surface area (Å²) in [6.45, 7) is 6.58. The predicted molar refractivity (Wildman–Crippen MR) is 289 cm³/mol. The standard InChI is InChI=1S/C61H112O6/c1-4-7-10-13-16-19-22-25-28-29-30-31-34-36-39-42-45-48-51-54-60(63)66-57-58(67-61(64)55-52-49-46-43-40-37-33-27-24-21-18-15-12-9-6-3)56-65-59(62)53-50-47-44-41-38-35-32-26-23-20-17-14-11-8-5-2/h7,10,16,19,25,28,58H,4-6,8-9,11-15,17-18,20-24,26-27,29-57H2,1-3H3/b10-7-,19-16-,28-25-. The minimum atomic E-state index is -0.769. The zero-order chi connectivity index (χ0) is 48.6. The van der Waals surface area contributed by atoms with Gasteiger partial charge in [-0.15, -0.1) is 0 Å². The average molecular weight is 942 g/mol. The molecule has 0 bridgehead atoms. The molecule has 6 nitrogen and oxygen atoms in total. The second-order valence-electron chi connectivity index (χ2n) is 19.9. The van der Waals surface area contributed by atoms with Gasteiger partial charge >= 0.3 is 17.9 Å². The first-order valence-electron chi connectivity index (χ1n) is 29.5. The first-order chi connectivity index (χ1) is 33.0. The van der Waals surface area contributed by atoms with Crippen molar-refractivity contribution in [1.82, 2.24) is 0 Å². The lowest BCUT2D eigenvalue weighted by molar-refractivity contribution is -0.167. The van der Waals surface area contributed by atoms with E-state index in [9.17, 15) is 14.4 Å². The maximum Gasteiger partial charge on any atom is 0.306 e. The van der Waals surface area contributed by atoms with E-state index >= 15 is 0 Å². The molecular formula is C61H112O6. The fourth-order valence-corrected chi connectivity index (χ4v) is 8.75. The monoisotopic (exact) mass is 941 g/mol. The fourth-order valence-electron chi connectivity index (χ4n) is 8.75. The average Bonchev–Trinajstić information content (AvgIpc) is 3.33. The molecule has 0 radical (unpaired) electrons. The van der Waals surface area contributed by atoms with Crippen LogP contribution in [-0.4, -0.2) is 37.2 Å². The summed E-state index contributed by atoms with van der Waals surface area (Å²) >= 11 is 0. The summed E-state index contributed by atoms with van der Waals surface area (Å²) < 4.78 is 16.9. The van der Waals surface area contributed by atoms with Crippen molar-refractivity contribution in [1.29, 1.82) is 0 Å². The maximum absolute atomic E-state index is 12.9. The first-order valence-corrected chi connectivity index (χ1v) is 29.5. The Morgan fingerprint density at radius 3 is 0.910 bits per heavy atom. The van der Waals surface area contributed by atoms with Gasteiger partial charge in [0.15, 0.2) is 6.10 Å². The highest BCUT2D eigenvalue weighted by Gasteiger charge is 2.19. The van der Waals surface area contributed by atoms with E-state index in [-0.39, 0.29) is 31.1 Å². The summed E-state index contributed by atoms with van der Waals surface area (Å²) in [6, 6.07) is 0. The number of hydrogen-bond acceptors (Lipinski definition) is 6. The Bertz CT molecular complexity index is 1130. The Morgan fingerprint density at radius 1 is 0.313 bits per heavy atom. The third-order valence-electron chi connectivity index (χ3n) is 13.2. The number of carbonyl (C=O) groups excluding carboxylic acids is 3. The second-order valence-corrected chi connectivity index (χ2v) is 19.9. The number of allylic oxidation sites excluding steroid dienone is 6. The number of hydrogen-bond donors (Lipinski definition) is 0. The molecule has 392 valence electrons. The minimum absolute atomic E-state index is 0.0683. The number of rotatable bonds is 54. The normalized spacial score (nSPS) is 12.2. The van der Waals surface area contributed by atoms with Gasteiger partial charge in [0, 0.05) is 19.3 Å². The molecule has 0 aliphatic heterocycles. The molecule has 0 aliphatic rings. The van der Waals surface area contributed by atoms with Crippen LogP contribution in [0.2, 0.25) is 0 Å². The third kappa shape index (κ3) is 54.4. The van der Waals surface area contributed by atoms with Crippen LogP contribution in [0.15, 0.2) is 36.5 Å². The van der Waals surface area contributed by atoms with Crippen LogP contribution in [0.5, 0.6) is 0 Å². The van der Waals surface area contributed by atoms with E-state index in [0.29, 0.717) is 19.3 Å². The third-order valence-corrected chi connectivity index (χ3v) is 13.2. The van der Waals surface area contributed by atoms with Crippen LogP contribution in [0.3, 0.4) is 0 Å². The Hall–Kier alpha value is -2.37. The van der Waals surface area contributed by atoms with Crippen LogP contribution in [-0.2, 0) is 28.6 Å². The van der Waals surface area contributed by atoms with Crippen molar-refractivity contribution in [3.63, 3.8) is 0 Å². The highest BCUT2D eigenvalue weighted by Crippen LogP contribution is 2.17. The Kier molecular flexibility index (Phi) is 54.2. The van der Waals surface area contributed by atoms with Crippen molar-refractivity contribution in [2.75, 3.05) is 13.2 Å². The SMILES string of the molecule is CC/C=C\C/C=C\C/C=C\CCCCCCCCCCCC(=O)OCC(COC(=O)CCCCCCCCCCCCCCCCC)OC(=O)CCCCCCCCCCCCCCCCC. The van der Waals surface area contributed by atoms with Crippen molar-refractivity contribution < 1.29 is 28.6 Å². The van der Waals surface area contributed by atoms with Gasteiger partial charge < -0.3 is 14.2 Å². The summed E-state index contributed by atoms with van der Waals surface area (Å²) in [6.07, 6.45) is 67.0. The molecule has 1 atom stereocenters. The van der Waals surface area contributed by atoms with Crippen molar-refractivity contribution in [3.8, 4) is 0 Å². The van der Waals surface area contributed by atoms with Crippen LogP contribution < -0.4 is 0 Å². The maximum atomic E-state index is 12.9. The van der Waals surface area contributed by atoms with Gasteiger partial charge in [-0.05, 0) is 51.4 Å². The van der Waals surface area contributed by atoms with Crippen molar-refractivity contribution >= 4 is 17.9 Å². The predicted octanol–water partition coefficient (Wildman–Crippen LogP) is 19.7. The molecule has 0 aromatic carbocycles. The summed E-state index contributed by atoms with van der Waals surface area (Å²) in [7, 11) is 0. The molecule has 0 amide bonds. The zero-order valence-corrected chi connectivity index (χ0v) is 44.9.